The lowest BCUT2D eigenvalue weighted by Gasteiger charge is -2.17. The molecule has 0 radical (unpaired) electrons. The molecule has 0 fully saturated rings. The highest BCUT2D eigenvalue weighted by molar-refractivity contribution is 7.09. The van der Waals surface area contributed by atoms with Gasteiger partial charge in [0.05, 0.1) is 21.2 Å². The molecule has 2 aromatic rings. The summed E-state index contributed by atoms with van der Waals surface area (Å²) >= 11 is 13.7. The summed E-state index contributed by atoms with van der Waals surface area (Å²) in [5.74, 6) is 0. The molecule has 1 N–H and O–H groups in total. The van der Waals surface area contributed by atoms with E-state index in [0.717, 1.165) is 18.7 Å². The smallest absolute Gasteiger partial charge is 0.0798 e. The summed E-state index contributed by atoms with van der Waals surface area (Å²) in [6, 6.07) is 6.08. The minimum atomic E-state index is 0.274. The van der Waals surface area contributed by atoms with E-state index in [1.54, 1.807) is 11.3 Å². The molecular formula is C14H16Cl2N2S. The molecule has 1 unspecified atom stereocenters. The molecule has 0 aliphatic heterocycles. The Labute approximate surface area is 127 Å². The van der Waals surface area contributed by atoms with Crippen LogP contribution in [0, 0.1) is 6.92 Å². The van der Waals surface area contributed by atoms with Crippen LogP contribution in [0.4, 0.5) is 0 Å². The van der Waals surface area contributed by atoms with Crippen LogP contribution in [0.1, 0.15) is 35.5 Å². The quantitative estimate of drug-likeness (QED) is 0.840. The first-order valence-corrected chi connectivity index (χ1v) is 7.82. The van der Waals surface area contributed by atoms with E-state index in [0.29, 0.717) is 10.0 Å². The predicted molar refractivity (Wildman–Crippen MR) is 83.2 cm³/mol. The molecule has 102 valence electrons. The van der Waals surface area contributed by atoms with E-state index >= 15 is 0 Å². The SMILES string of the molecule is CCC(NCc1scnc1C)c1ccc(Cl)c(Cl)c1. The van der Waals surface area contributed by atoms with Crippen LogP contribution in [-0.2, 0) is 6.54 Å². The van der Waals surface area contributed by atoms with Gasteiger partial charge < -0.3 is 5.32 Å². The lowest BCUT2D eigenvalue weighted by molar-refractivity contribution is 0.521. The summed E-state index contributed by atoms with van der Waals surface area (Å²) in [7, 11) is 0. The van der Waals surface area contributed by atoms with Crippen LogP contribution in [0.5, 0.6) is 0 Å². The topological polar surface area (TPSA) is 24.9 Å². The molecule has 19 heavy (non-hydrogen) atoms. The van der Waals surface area contributed by atoms with Crippen molar-refractivity contribution < 1.29 is 0 Å². The average molecular weight is 315 g/mol. The zero-order valence-corrected chi connectivity index (χ0v) is 13.2. The van der Waals surface area contributed by atoms with Gasteiger partial charge in [0, 0.05) is 17.5 Å². The van der Waals surface area contributed by atoms with E-state index in [9.17, 15) is 0 Å². The molecule has 0 spiro atoms. The Morgan fingerprint density at radius 3 is 2.68 bits per heavy atom. The third kappa shape index (κ3) is 3.69. The van der Waals surface area contributed by atoms with Gasteiger partial charge in [-0.15, -0.1) is 11.3 Å². The maximum absolute atomic E-state index is 6.07. The highest BCUT2D eigenvalue weighted by atomic mass is 35.5. The zero-order valence-electron chi connectivity index (χ0n) is 10.9. The van der Waals surface area contributed by atoms with E-state index in [-0.39, 0.29) is 6.04 Å². The maximum Gasteiger partial charge on any atom is 0.0798 e. The van der Waals surface area contributed by atoms with Crippen LogP contribution < -0.4 is 5.32 Å². The molecule has 2 rings (SSSR count). The van der Waals surface area contributed by atoms with Crippen molar-refractivity contribution in [2.75, 3.05) is 0 Å². The lowest BCUT2D eigenvalue weighted by Crippen LogP contribution is -2.20. The van der Waals surface area contributed by atoms with Crippen molar-refractivity contribution in [2.24, 2.45) is 0 Å². The van der Waals surface area contributed by atoms with Crippen molar-refractivity contribution in [2.45, 2.75) is 32.9 Å². The van der Waals surface area contributed by atoms with Gasteiger partial charge in [0.25, 0.3) is 0 Å². The van der Waals surface area contributed by atoms with E-state index < -0.39 is 0 Å². The van der Waals surface area contributed by atoms with Gasteiger partial charge in [0.1, 0.15) is 0 Å². The van der Waals surface area contributed by atoms with E-state index in [4.69, 9.17) is 23.2 Å². The van der Waals surface area contributed by atoms with Crippen molar-refractivity contribution in [3.8, 4) is 0 Å². The summed E-state index contributed by atoms with van der Waals surface area (Å²) in [4.78, 5) is 5.54. The molecule has 0 saturated heterocycles. The molecule has 1 aromatic carbocycles. The van der Waals surface area contributed by atoms with Gasteiger partial charge in [-0.2, -0.15) is 0 Å². The molecule has 1 atom stereocenters. The Balaban J connectivity index is 2.07. The molecular weight excluding hydrogens is 299 g/mol. The van der Waals surface area contributed by atoms with Gasteiger partial charge in [-0.3, -0.25) is 0 Å². The van der Waals surface area contributed by atoms with Crippen LogP contribution >= 0.6 is 34.5 Å². The van der Waals surface area contributed by atoms with Crippen molar-refractivity contribution in [1.82, 2.24) is 10.3 Å². The molecule has 0 aliphatic rings. The van der Waals surface area contributed by atoms with Crippen LogP contribution in [0.3, 0.4) is 0 Å². The minimum Gasteiger partial charge on any atom is -0.305 e. The first kappa shape index (κ1) is 14.8. The van der Waals surface area contributed by atoms with E-state index in [1.165, 1.54) is 10.4 Å². The zero-order chi connectivity index (χ0) is 13.8. The number of halogens is 2. The van der Waals surface area contributed by atoms with Gasteiger partial charge in [0.2, 0.25) is 0 Å². The number of aromatic nitrogens is 1. The molecule has 0 saturated carbocycles. The second kappa shape index (κ2) is 6.71. The number of hydrogen-bond acceptors (Lipinski definition) is 3. The van der Waals surface area contributed by atoms with Gasteiger partial charge >= 0.3 is 0 Å². The molecule has 0 aliphatic carbocycles. The Hall–Kier alpha value is -0.610. The molecule has 1 heterocycles. The van der Waals surface area contributed by atoms with Crippen molar-refractivity contribution >= 4 is 34.5 Å². The fourth-order valence-corrected chi connectivity index (χ4v) is 2.97. The first-order valence-electron chi connectivity index (χ1n) is 6.19. The number of aryl methyl sites for hydroxylation is 1. The Morgan fingerprint density at radius 2 is 2.11 bits per heavy atom. The van der Waals surface area contributed by atoms with E-state index in [1.807, 2.05) is 30.6 Å². The molecule has 0 bridgehead atoms. The molecule has 0 amide bonds. The molecule has 5 heteroatoms. The number of hydrogen-bond donors (Lipinski definition) is 1. The van der Waals surface area contributed by atoms with Crippen LogP contribution in [0.2, 0.25) is 10.0 Å². The highest BCUT2D eigenvalue weighted by Crippen LogP contribution is 2.27. The number of benzene rings is 1. The maximum atomic E-state index is 6.07. The fourth-order valence-electron chi connectivity index (χ4n) is 1.94. The van der Waals surface area contributed by atoms with Crippen LogP contribution in [0.15, 0.2) is 23.7 Å². The number of nitrogens with zero attached hydrogens (tertiary/aromatic N) is 1. The van der Waals surface area contributed by atoms with Crippen molar-refractivity contribution in [3.63, 3.8) is 0 Å². The van der Waals surface area contributed by atoms with Crippen LogP contribution in [-0.4, -0.2) is 4.98 Å². The minimum absolute atomic E-state index is 0.274. The van der Waals surface area contributed by atoms with E-state index in [2.05, 4.69) is 17.2 Å². The Bertz CT molecular complexity index is 554. The summed E-state index contributed by atoms with van der Waals surface area (Å²) in [5, 5.41) is 4.75. The van der Waals surface area contributed by atoms with Gasteiger partial charge in [-0.25, -0.2) is 4.98 Å². The summed E-state index contributed by atoms with van der Waals surface area (Å²) in [6.07, 6.45) is 0.996. The largest absolute Gasteiger partial charge is 0.305 e. The van der Waals surface area contributed by atoms with Gasteiger partial charge in [-0.05, 0) is 31.0 Å². The third-order valence-corrected chi connectivity index (χ3v) is 4.78. The predicted octanol–water partition coefficient (Wildman–Crippen LogP) is 5.00. The lowest BCUT2D eigenvalue weighted by atomic mass is 10.0. The second-order valence-corrected chi connectivity index (χ2v) is 6.13. The normalized spacial score (nSPS) is 12.6. The number of nitrogens with one attached hydrogen (secondary N) is 1. The molecule has 1 aromatic heterocycles. The van der Waals surface area contributed by atoms with Gasteiger partial charge in [-0.1, -0.05) is 36.2 Å². The second-order valence-electron chi connectivity index (χ2n) is 4.38. The monoisotopic (exact) mass is 314 g/mol. The first-order chi connectivity index (χ1) is 9.11. The number of thiazole rings is 1. The fraction of sp³-hybridized carbons (Fsp3) is 0.357. The summed E-state index contributed by atoms with van der Waals surface area (Å²) in [6.45, 7) is 5.02. The third-order valence-electron chi connectivity index (χ3n) is 3.11. The average Bonchev–Trinajstić information content (AvgIpc) is 2.80. The number of rotatable bonds is 5. The summed E-state index contributed by atoms with van der Waals surface area (Å²) < 4.78 is 0. The van der Waals surface area contributed by atoms with Crippen molar-refractivity contribution in [3.05, 3.63) is 49.9 Å². The van der Waals surface area contributed by atoms with Crippen LogP contribution in [0.25, 0.3) is 0 Å². The summed E-state index contributed by atoms with van der Waals surface area (Å²) in [5.41, 5.74) is 4.15. The van der Waals surface area contributed by atoms with Crippen molar-refractivity contribution in [1.29, 1.82) is 0 Å². The van der Waals surface area contributed by atoms with Gasteiger partial charge in [0.15, 0.2) is 0 Å². The standard InChI is InChI=1S/C14H16Cl2N2S/c1-3-13(10-4-5-11(15)12(16)6-10)17-7-14-9(2)18-8-19-14/h4-6,8,13,17H,3,7H2,1-2H3. The Morgan fingerprint density at radius 1 is 1.32 bits per heavy atom. The Kier molecular flexibility index (Phi) is 5.22. The molecule has 2 nitrogen and oxygen atoms in total. The highest BCUT2D eigenvalue weighted by Gasteiger charge is 2.11.